The number of rotatable bonds is 6. The summed E-state index contributed by atoms with van der Waals surface area (Å²) in [6, 6.07) is 0. The molecule has 1 saturated carbocycles. The van der Waals surface area contributed by atoms with Gasteiger partial charge in [0.25, 0.3) is 0 Å². The van der Waals surface area contributed by atoms with Crippen LogP contribution in [-0.4, -0.2) is 30.5 Å². The van der Waals surface area contributed by atoms with Crippen molar-refractivity contribution in [2.45, 2.75) is 37.4 Å². The molecule has 1 rings (SSSR count). The Hall–Kier alpha value is -0.0900. The van der Waals surface area contributed by atoms with Gasteiger partial charge in [-0.25, -0.2) is 0 Å². The Kier molecular flexibility index (Phi) is 6.25. The molecule has 2 atom stereocenters. The van der Waals surface area contributed by atoms with Crippen molar-refractivity contribution in [1.82, 2.24) is 5.32 Å². The molecule has 0 bridgehead atoms. The summed E-state index contributed by atoms with van der Waals surface area (Å²) in [5, 5.41) is 2.92. The fourth-order valence-electron chi connectivity index (χ4n) is 1.83. The van der Waals surface area contributed by atoms with Gasteiger partial charge in [0.2, 0.25) is 5.91 Å². The molecule has 0 aromatic heterocycles. The van der Waals surface area contributed by atoms with E-state index in [1.54, 1.807) is 0 Å². The molecule has 1 aliphatic rings. The summed E-state index contributed by atoms with van der Waals surface area (Å²) in [5.41, 5.74) is 0. The Labute approximate surface area is 100 Å². The van der Waals surface area contributed by atoms with Crippen molar-refractivity contribution in [2.24, 2.45) is 5.92 Å². The number of carbonyl (C=O) groups excluding carboxylic acids is 1. The molecule has 4 heteroatoms. The van der Waals surface area contributed by atoms with Crippen molar-refractivity contribution < 1.29 is 9.53 Å². The first kappa shape index (κ1) is 13.0. The molecule has 88 valence electrons. The van der Waals surface area contributed by atoms with Crippen LogP contribution in [0.25, 0.3) is 0 Å². The number of hydrogen-bond acceptors (Lipinski definition) is 2. The van der Waals surface area contributed by atoms with Gasteiger partial charge in [-0.2, -0.15) is 0 Å². The lowest BCUT2D eigenvalue weighted by Gasteiger charge is -2.14. The van der Waals surface area contributed by atoms with Gasteiger partial charge in [0.1, 0.15) is 6.61 Å². The van der Waals surface area contributed by atoms with E-state index >= 15 is 0 Å². The average molecular weight is 278 g/mol. The Bertz CT molecular complexity index is 199. The Morgan fingerprint density at radius 2 is 2.33 bits per heavy atom. The van der Waals surface area contributed by atoms with Gasteiger partial charge < -0.3 is 10.1 Å². The van der Waals surface area contributed by atoms with Crippen LogP contribution in [0.5, 0.6) is 0 Å². The van der Waals surface area contributed by atoms with Crippen molar-refractivity contribution >= 4 is 21.8 Å². The third kappa shape index (κ3) is 4.98. The first-order chi connectivity index (χ1) is 7.24. The molecule has 2 unspecified atom stereocenters. The minimum atomic E-state index is 0.00931. The molecule has 0 aromatic rings. The van der Waals surface area contributed by atoms with Crippen LogP contribution in [0.1, 0.15) is 32.6 Å². The summed E-state index contributed by atoms with van der Waals surface area (Å²) in [6.07, 6.45) is 4.67. The van der Waals surface area contributed by atoms with Crippen LogP contribution >= 0.6 is 15.9 Å². The quantitative estimate of drug-likeness (QED) is 0.597. The summed E-state index contributed by atoms with van der Waals surface area (Å²) in [4.78, 5) is 11.9. The number of amides is 1. The molecule has 1 fully saturated rings. The first-order valence-electron chi connectivity index (χ1n) is 5.72. The third-order valence-corrected chi connectivity index (χ3v) is 3.91. The lowest BCUT2D eigenvalue weighted by molar-refractivity contribution is -0.125. The summed E-state index contributed by atoms with van der Waals surface area (Å²) in [6.45, 7) is 3.68. The van der Waals surface area contributed by atoms with Crippen molar-refractivity contribution in [3.05, 3.63) is 0 Å². The second-order valence-electron chi connectivity index (χ2n) is 4.06. The maximum Gasteiger partial charge on any atom is 0.246 e. The van der Waals surface area contributed by atoms with E-state index in [9.17, 15) is 4.79 Å². The van der Waals surface area contributed by atoms with Crippen molar-refractivity contribution in [3.8, 4) is 0 Å². The van der Waals surface area contributed by atoms with Crippen LogP contribution in [0.4, 0.5) is 0 Å². The lowest BCUT2D eigenvalue weighted by atomic mass is 10.1. The summed E-state index contributed by atoms with van der Waals surface area (Å²) < 4.78 is 5.16. The predicted octanol–water partition coefficient (Wildman–Crippen LogP) is 2.09. The zero-order valence-electron chi connectivity index (χ0n) is 9.30. The van der Waals surface area contributed by atoms with Crippen LogP contribution < -0.4 is 5.32 Å². The van der Waals surface area contributed by atoms with Crippen LogP contribution in [0.15, 0.2) is 0 Å². The molecule has 0 saturated heterocycles. The first-order valence-corrected chi connectivity index (χ1v) is 6.64. The highest BCUT2D eigenvalue weighted by atomic mass is 79.9. The smallest absolute Gasteiger partial charge is 0.246 e. The average Bonchev–Trinajstić information content (AvgIpc) is 2.61. The highest BCUT2D eigenvalue weighted by Crippen LogP contribution is 2.30. The van der Waals surface area contributed by atoms with E-state index in [-0.39, 0.29) is 12.5 Å². The SMILES string of the molecule is CCCOCC(=O)NCC1CCCC1Br. The van der Waals surface area contributed by atoms with E-state index in [4.69, 9.17) is 4.74 Å². The number of halogens is 1. The second kappa shape index (κ2) is 7.23. The Balaban J connectivity index is 2.05. The minimum Gasteiger partial charge on any atom is -0.372 e. The fourth-order valence-corrected chi connectivity index (χ4v) is 2.60. The highest BCUT2D eigenvalue weighted by Gasteiger charge is 2.24. The highest BCUT2D eigenvalue weighted by molar-refractivity contribution is 9.09. The number of carbonyl (C=O) groups is 1. The van der Waals surface area contributed by atoms with E-state index < -0.39 is 0 Å². The largest absolute Gasteiger partial charge is 0.372 e. The second-order valence-corrected chi connectivity index (χ2v) is 5.24. The summed E-state index contributed by atoms with van der Waals surface area (Å²) in [5.74, 6) is 0.607. The molecule has 0 spiro atoms. The van der Waals surface area contributed by atoms with Gasteiger partial charge in [-0.05, 0) is 25.2 Å². The van der Waals surface area contributed by atoms with Crippen LogP contribution in [-0.2, 0) is 9.53 Å². The zero-order valence-corrected chi connectivity index (χ0v) is 10.9. The molecule has 3 nitrogen and oxygen atoms in total. The van der Waals surface area contributed by atoms with E-state index in [0.29, 0.717) is 17.4 Å². The zero-order chi connectivity index (χ0) is 11.1. The number of hydrogen-bond donors (Lipinski definition) is 1. The molecule has 1 aliphatic carbocycles. The minimum absolute atomic E-state index is 0.00931. The van der Waals surface area contributed by atoms with E-state index in [0.717, 1.165) is 13.0 Å². The van der Waals surface area contributed by atoms with Gasteiger partial charge in [0, 0.05) is 18.0 Å². The Morgan fingerprint density at radius 3 is 2.93 bits per heavy atom. The van der Waals surface area contributed by atoms with Crippen molar-refractivity contribution in [2.75, 3.05) is 19.8 Å². The topological polar surface area (TPSA) is 38.3 Å². The maximum atomic E-state index is 11.3. The van der Waals surface area contributed by atoms with Crippen LogP contribution in [0.2, 0.25) is 0 Å². The lowest BCUT2D eigenvalue weighted by Crippen LogP contribution is -2.33. The molecule has 1 N–H and O–H groups in total. The molecule has 0 heterocycles. The van der Waals surface area contributed by atoms with Gasteiger partial charge in [-0.3, -0.25) is 4.79 Å². The number of alkyl halides is 1. The van der Waals surface area contributed by atoms with Crippen LogP contribution in [0, 0.1) is 5.92 Å². The summed E-state index contributed by atoms with van der Waals surface area (Å²) >= 11 is 3.64. The fraction of sp³-hybridized carbons (Fsp3) is 0.909. The van der Waals surface area contributed by atoms with Crippen LogP contribution in [0.3, 0.4) is 0 Å². The Morgan fingerprint density at radius 1 is 1.53 bits per heavy atom. The normalized spacial score (nSPS) is 25.5. The standard InChI is InChI=1S/C11H20BrNO2/c1-2-6-15-8-11(14)13-7-9-4-3-5-10(9)12/h9-10H,2-8H2,1H3,(H,13,14). The number of ether oxygens (including phenoxy) is 1. The van der Waals surface area contributed by atoms with Gasteiger partial charge in [0.15, 0.2) is 0 Å². The maximum absolute atomic E-state index is 11.3. The number of nitrogens with one attached hydrogen (secondary N) is 1. The van der Waals surface area contributed by atoms with Gasteiger partial charge in [0.05, 0.1) is 0 Å². The van der Waals surface area contributed by atoms with Gasteiger partial charge >= 0.3 is 0 Å². The molecular formula is C11H20BrNO2. The third-order valence-electron chi connectivity index (χ3n) is 2.71. The molecule has 0 radical (unpaired) electrons. The van der Waals surface area contributed by atoms with Crippen molar-refractivity contribution in [1.29, 1.82) is 0 Å². The van der Waals surface area contributed by atoms with E-state index in [2.05, 4.69) is 21.2 Å². The molecule has 1 amide bonds. The summed E-state index contributed by atoms with van der Waals surface area (Å²) in [7, 11) is 0. The van der Waals surface area contributed by atoms with E-state index in [1.807, 2.05) is 6.92 Å². The predicted molar refractivity (Wildman–Crippen MR) is 64.2 cm³/mol. The molecule has 15 heavy (non-hydrogen) atoms. The van der Waals surface area contributed by atoms with Crippen molar-refractivity contribution in [3.63, 3.8) is 0 Å². The monoisotopic (exact) mass is 277 g/mol. The molecule has 0 aromatic carbocycles. The van der Waals surface area contributed by atoms with E-state index in [1.165, 1.54) is 19.3 Å². The van der Waals surface area contributed by atoms with Gasteiger partial charge in [-0.15, -0.1) is 0 Å². The molecule has 0 aliphatic heterocycles. The van der Waals surface area contributed by atoms with Gasteiger partial charge in [-0.1, -0.05) is 29.3 Å². The molecular weight excluding hydrogens is 258 g/mol.